The molecule has 4 nitrogen and oxygen atoms in total. The first-order chi connectivity index (χ1) is 11.1. The summed E-state index contributed by atoms with van der Waals surface area (Å²) in [6.45, 7) is 0. The van der Waals surface area contributed by atoms with E-state index in [1.807, 2.05) is 18.2 Å². The topological polar surface area (TPSA) is 72.2 Å². The van der Waals surface area contributed by atoms with Gasteiger partial charge in [-0.15, -0.1) is 0 Å². The molecule has 120 valence electrons. The number of hydrogen-bond acceptors (Lipinski definition) is 4. The van der Waals surface area contributed by atoms with Crippen LogP contribution in [0.25, 0.3) is 0 Å². The van der Waals surface area contributed by atoms with Crippen LogP contribution in [0.1, 0.15) is 30.7 Å². The van der Waals surface area contributed by atoms with Crippen molar-refractivity contribution in [2.24, 2.45) is 5.73 Å². The van der Waals surface area contributed by atoms with Gasteiger partial charge in [0, 0.05) is 23.7 Å². The summed E-state index contributed by atoms with van der Waals surface area (Å²) in [5.74, 6) is 0.319. The molecule has 0 spiro atoms. The van der Waals surface area contributed by atoms with Gasteiger partial charge in [0.2, 0.25) is 9.84 Å². The van der Waals surface area contributed by atoms with E-state index in [1.165, 1.54) is 0 Å². The summed E-state index contributed by atoms with van der Waals surface area (Å²) in [6, 6.07) is 14.6. The van der Waals surface area contributed by atoms with Gasteiger partial charge in [0.25, 0.3) is 0 Å². The Balaban J connectivity index is 1.75. The molecule has 0 amide bonds. The molecule has 1 aliphatic carbocycles. The minimum atomic E-state index is -3.47. The largest absolute Gasteiger partial charge is 0.381 e. The van der Waals surface area contributed by atoms with Crippen LogP contribution in [0.4, 0.5) is 5.69 Å². The maximum Gasteiger partial charge on any atom is 0.206 e. The van der Waals surface area contributed by atoms with E-state index in [-0.39, 0.29) is 6.04 Å². The molecule has 3 N–H and O–H groups in total. The minimum Gasteiger partial charge on any atom is -0.381 e. The van der Waals surface area contributed by atoms with E-state index < -0.39 is 9.84 Å². The van der Waals surface area contributed by atoms with Gasteiger partial charge in [-0.1, -0.05) is 18.2 Å². The van der Waals surface area contributed by atoms with Crippen molar-refractivity contribution in [2.45, 2.75) is 47.1 Å². The molecular formula is C18H20N2O2S. The van der Waals surface area contributed by atoms with Crippen LogP contribution >= 0.6 is 0 Å². The first-order valence-electron chi connectivity index (χ1n) is 8.02. The van der Waals surface area contributed by atoms with Gasteiger partial charge in [-0.05, 0) is 55.2 Å². The summed E-state index contributed by atoms with van der Waals surface area (Å²) in [5, 5.41) is 3.53. The number of sulfone groups is 1. The van der Waals surface area contributed by atoms with Gasteiger partial charge in [-0.25, -0.2) is 8.42 Å². The van der Waals surface area contributed by atoms with Gasteiger partial charge in [0.1, 0.15) is 0 Å². The van der Waals surface area contributed by atoms with Crippen molar-refractivity contribution in [3.63, 3.8) is 0 Å². The minimum absolute atomic E-state index is 0.207. The van der Waals surface area contributed by atoms with Crippen molar-refractivity contribution in [3.05, 3.63) is 54.1 Å². The Hall–Kier alpha value is -1.85. The van der Waals surface area contributed by atoms with Crippen LogP contribution in [-0.2, 0) is 9.84 Å². The van der Waals surface area contributed by atoms with Crippen LogP contribution in [0.5, 0.6) is 0 Å². The highest BCUT2D eigenvalue weighted by atomic mass is 32.2. The van der Waals surface area contributed by atoms with Crippen molar-refractivity contribution in [1.82, 2.24) is 0 Å². The molecule has 0 aromatic heterocycles. The number of nitrogens with one attached hydrogen (secondary N) is 1. The SMILES string of the molecule is N[C@@H]1CCC2Nc3ccc(S(=O)(=O)c4ccccc4)cc3C2C1. The molecule has 3 atom stereocenters. The maximum absolute atomic E-state index is 12.8. The standard InChI is InChI=1S/C18H20N2O2S/c19-12-6-8-17-15(10-12)16-11-14(7-9-18(16)20-17)23(21,22)13-4-2-1-3-5-13/h1-5,7,9,11-12,15,17,20H,6,8,10,19H2/t12-,15?,17?/m1/s1. The quantitative estimate of drug-likeness (QED) is 0.889. The lowest BCUT2D eigenvalue weighted by atomic mass is 9.80. The highest BCUT2D eigenvalue weighted by Gasteiger charge is 2.37. The Labute approximate surface area is 136 Å². The second-order valence-corrected chi connectivity index (χ2v) is 8.45. The first kappa shape index (κ1) is 14.7. The summed E-state index contributed by atoms with van der Waals surface area (Å²) in [6.07, 6.45) is 2.98. The predicted octanol–water partition coefficient (Wildman–Crippen LogP) is 2.91. The maximum atomic E-state index is 12.8. The average Bonchev–Trinajstić information content (AvgIpc) is 2.93. The number of fused-ring (bicyclic) bond motifs is 3. The number of benzene rings is 2. The summed E-state index contributed by atoms with van der Waals surface area (Å²) >= 11 is 0. The van der Waals surface area contributed by atoms with Gasteiger partial charge < -0.3 is 11.1 Å². The second kappa shape index (κ2) is 5.35. The number of anilines is 1. The van der Waals surface area contributed by atoms with E-state index in [0.29, 0.717) is 21.8 Å². The Morgan fingerprint density at radius 2 is 1.78 bits per heavy atom. The molecule has 5 heteroatoms. The van der Waals surface area contributed by atoms with Crippen LogP contribution in [-0.4, -0.2) is 20.5 Å². The molecule has 1 fully saturated rings. The second-order valence-electron chi connectivity index (χ2n) is 6.50. The van der Waals surface area contributed by atoms with Crippen molar-refractivity contribution < 1.29 is 8.42 Å². The van der Waals surface area contributed by atoms with Crippen molar-refractivity contribution in [1.29, 1.82) is 0 Å². The monoisotopic (exact) mass is 328 g/mol. The zero-order chi connectivity index (χ0) is 16.0. The number of nitrogens with two attached hydrogens (primary N) is 1. The molecule has 2 unspecified atom stereocenters. The van der Waals surface area contributed by atoms with E-state index in [0.717, 1.165) is 30.5 Å². The van der Waals surface area contributed by atoms with Crippen LogP contribution in [0, 0.1) is 0 Å². The zero-order valence-corrected chi connectivity index (χ0v) is 13.6. The van der Waals surface area contributed by atoms with E-state index in [4.69, 9.17) is 5.73 Å². The fraction of sp³-hybridized carbons (Fsp3) is 0.333. The van der Waals surface area contributed by atoms with E-state index >= 15 is 0 Å². The normalized spacial score (nSPS) is 26.2. The predicted molar refractivity (Wildman–Crippen MR) is 90.3 cm³/mol. The zero-order valence-electron chi connectivity index (χ0n) is 12.8. The van der Waals surface area contributed by atoms with Crippen molar-refractivity contribution in [3.8, 4) is 0 Å². The Morgan fingerprint density at radius 1 is 1.00 bits per heavy atom. The van der Waals surface area contributed by atoms with Gasteiger partial charge in [-0.3, -0.25) is 0 Å². The summed E-state index contributed by atoms with van der Waals surface area (Å²) < 4.78 is 25.6. The number of rotatable bonds is 2. The van der Waals surface area contributed by atoms with Gasteiger partial charge >= 0.3 is 0 Å². The van der Waals surface area contributed by atoms with E-state index in [2.05, 4.69) is 5.32 Å². The Kier molecular flexibility index (Phi) is 3.43. The molecule has 2 aromatic rings. The molecule has 0 bridgehead atoms. The number of hydrogen-bond donors (Lipinski definition) is 2. The molecule has 0 radical (unpaired) electrons. The molecule has 1 saturated carbocycles. The van der Waals surface area contributed by atoms with Crippen molar-refractivity contribution in [2.75, 3.05) is 5.32 Å². The first-order valence-corrected chi connectivity index (χ1v) is 9.50. The third-order valence-corrected chi connectivity index (χ3v) is 6.79. The Bertz CT molecular complexity index is 833. The van der Waals surface area contributed by atoms with Crippen LogP contribution in [0.3, 0.4) is 0 Å². The molecular weight excluding hydrogens is 308 g/mol. The van der Waals surface area contributed by atoms with Crippen LogP contribution in [0.15, 0.2) is 58.3 Å². The Morgan fingerprint density at radius 3 is 2.57 bits per heavy atom. The lowest BCUT2D eigenvalue weighted by Gasteiger charge is -2.29. The molecule has 1 aliphatic heterocycles. The molecule has 23 heavy (non-hydrogen) atoms. The molecule has 4 rings (SSSR count). The third-order valence-electron chi connectivity index (χ3n) is 5.02. The summed E-state index contributed by atoms with van der Waals surface area (Å²) in [5.41, 5.74) is 8.27. The average molecular weight is 328 g/mol. The fourth-order valence-electron chi connectivity index (χ4n) is 3.80. The lowest BCUT2D eigenvalue weighted by molar-refractivity contribution is 0.376. The van der Waals surface area contributed by atoms with Crippen LogP contribution < -0.4 is 11.1 Å². The molecule has 0 saturated heterocycles. The van der Waals surface area contributed by atoms with Gasteiger partial charge in [0.15, 0.2) is 0 Å². The van der Waals surface area contributed by atoms with Crippen molar-refractivity contribution >= 4 is 15.5 Å². The lowest BCUT2D eigenvalue weighted by Crippen LogP contribution is -2.35. The van der Waals surface area contributed by atoms with E-state index in [9.17, 15) is 8.42 Å². The molecule has 1 heterocycles. The van der Waals surface area contributed by atoms with Crippen LogP contribution in [0.2, 0.25) is 0 Å². The highest BCUT2D eigenvalue weighted by molar-refractivity contribution is 7.91. The highest BCUT2D eigenvalue weighted by Crippen LogP contribution is 2.44. The molecule has 2 aromatic carbocycles. The summed E-state index contributed by atoms with van der Waals surface area (Å²) in [7, 11) is -3.47. The van der Waals surface area contributed by atoms with Gasteiger partial charge in [-0.2, -0.15) is 0 Å². The third kappa shape index (κ3) is 2.44. The van der Waals surface area contributed by atoms with E-state index in [1.54, 1.807) is 30.3 Å². The fourth-order valence-corrected chi connectivity index (χ4v) is 5.12. The summed E-state index contributed by atoms with van der Waals surface area (Å²) in [4.78, 5) is 0.701. The molecule has 2 aliphatic rings. The van der Waals surface area contributed by atoms with Gasteiger partial charge in [0.05, 0.1) is 9.79 Å². The smallest absolute Gasteiger partial charge is 0.206 e.